The van der Waals surface area contributed by atoms with E-state index in [2.05, 4.69) is 9.97 Å². The highest BCUT2D eigenvalue weighted by Gasteiger charge is 2.20. The number of hydrogen-bond donors (Lipinski definition) is 1. The molecule has 0 atom stereocenters. The lowest BCUT2D eigenvalue weighted by Crippen LogP contribution is -2.32. The summed E-state index contributed by atoms with van der Waals surface area (Å²) in [6, 6.07) is 12.2. The summed E-state index contributed by atoms with van der Waals surface area (Å²) in [6.07, 6.45) is 4.67. The van der Waals surface area contributed by atoms with E-state index in [-0.39, 0.29) is 31.3 Å². The fourth-order valence-corrected chi connectivity index (χ4v) is 3.43. The summed E-state index contributed by atoms with van der Waals surface area (Å²) in [5, 5.41) is 0.795. The molecule has 4 heterocycles. The first-order chi connectivity index (χ1) is 14.7. The van der Waals surface area contributed by atoms with Crippen LogP contribution in [0.2, 0.25) is 0 Å². The number of aromatic amines is 1. The summed E-state index contributed by atoms with van der Waals surface area (Å²) in [6.45, 7) is 0.494. The summed E-state index contributed by atoms with van der Waals surface area (Å²) >= 11 is 0. The molecular weight excluding hydrogens is 386 g/mol. The molecule has 150 valence electrons. The molecular formula is C22H17N3O5. The Bertz CT molecular complexity index is 1270. The number of carbonyl (C=O) groups is 1. The van der Waals surface area contributed by atoms with Crippen LogP contribution in [0.1, 0.15) is 21.7 Å². The quantitative estimate of drug-likeness (QED) is 0.550. The van der Waals surface area contributed by atoms with Crippen molar-refractivity contribution in [3.63, 3.8) is 0 Å². The minimum Gasteiger partial charge on any atom is -0.467 e. The zero-order valence-electron chi connectivity index (χ0n) is 15.8. The molecule has 1 aliphatic rings. The van der Waals surface area contributed by atoms with Crippen LogP contribution in [0.25, 0.3) is 10.9 Å². The van der Waals surface area contributed by atoms with Crippen LogP contribution >= 0.6 is 0 Å². The van der Waals surface area contributed by atoms with Crippen molar-refractivity contribution in [2.75, 3.05) is 6.79 Å². The van der Waals surface area contributed by atoms with Crippen molar-refractivity contribution < 1.29 is 18.7 Å². The summed E-state index contributed by atoms with van der Waals surface area (Å²) in [5.41, 5.74) is 1.31. The highest BCUT2D eigenvalue weighted by molar-refractivity contribution is 5.94. The second kappa shape index (κ2) is 7.40. The molecule has 8 nitrogen and oxygen atoms in total. The minimum absolute atomic E-state index is 0.113. The molecule has 0 saturated carbocycles. The van der Waals surface area contributed by atoms with Crippen LogP contribution in [0.4, 0.5) is 0 Å². The van der Waals surface area contributed by atoms with Crippen LogP contribution in [0.15, 0.2) is 70.3 Å². The van der Waals surface area contributed by atoms with Gasteiger partial charge in [-0.2, -0.15) is 0 Å². The van der Waals surface area contributed by atoms with E-state index in [1.165, 1.54) is 0 Å². The van der Waals surface area contributed by atoms with Crippen LogP contribution in [0, 0.1) is 0 Å². The highest BCUT2D eigenvalue weighted by atomic mass is 16.7. The van der Waals surface area contributed by atoms with Gasteiger partial charge in [0.15, 0.2) is 11.5 Å². The predicted molar refractivity (Wildman–Crippen MR) is 107 cm³/mol. The van der Waals surface area contributed by atoms with Crippen molar-refractivity contribution in [3.8, 4) is 11.5 Å². The van der Waals surface area contributed by atoms with Gasteiger partial charge in [0, 0.05) is 35.0 Å². The number of pyridine rings is 2. The van der Waals surface area contributed by atoms with Gasteiger partial charge in [0.2, 0.25) is 6.79 Å². The Morgan fingerprint density at radius 2 is 1.87 bits per heavy atom. The van der Waals surface area contributed by atoms with Crippen molar-refractivity contribution in [1.82, 2.24) is 14.9 Å². The molecule has 30 heavy (non-hydrogen) atoms. The molecule has 8 heteroatoms. The van der Waals surface area contributed by atoms with Crippen LogP contribution < -0.4 is 15.0 Å². The average Bonchev–Trinajstić information content (AvgIpc) is 3.44. The van der Waals surface area contributed by atoms with Gasteiger partial charge in [-0.05, 0) is 36.4 Å². The third-order valence-electron chi connectivity index (χ3n) is 4.92. The number of benzene rings is 1. The Balaban J connectivity index is 1.51. The van der Waals surface area contributed by atoms with Crippen molar-refractivity contribution in [2.24, 2.45) is 0 Å². The molecule has 0 spiro atoms. The van der Waals surface area contributed by atoms with Gasteiger partial charge in [0.1, 0.15) is 5.76 Å². The summed E-state index contributed by atoms with van der Waals surface area (Å²) in [4.78, 5) is 34.2. The monoisotopic (exact) mass is 403 g/mol. The molecule has 1 amide bonds. The number of nitrogens with one attached hydrogen (secondary N) is 1. The van der Waals surface area contributed by atoms with Gasteiger partial charge in [0.05, 0.1) is 24.9 Å². The Morgan fingerprint density at radius 1 is 1.07 bits per heavy atom. The smallest absolute Gasteiger partial charge is 0.254 e. The number of nitrogens with zero attached hydrogens (tertiary/aromatic N) is 2. The van der Waals surface area contributed by atoms with Gasteiger partial charge in [-0.15, -0.1) is 0 Å². The first-order valence-electron chi connectivity index (χ1n) is 9.34. The standard InChI is InChI=1S/C22H17N3O5/c26-21-16(8-15-9-19-20(30-13-29-19)10-18(15)24-21)11-25(12-17-2-1-7-28-17)22(27)14-3-5-23-6-4-14/h1-10H,11-13H2,(H,24,26). The third kappa shape index (κ3) is 3.39. The predicted octanol–water partition coefficient (Wildman–Crippen LogP) is 3.09. The number of hydrogen-bond acceptors (Lipinski definition) is 6. The molecule has 0 saturated heterocycles. The number of fused-ring (bicyclic) bond motifs is 2. The molecule has 1 N–H and O–H groups in total. The van der Waals surface area contributed by atoms with E-state index in [9.17, 15) is 9.59 Å². The van der Waals surface area contributed by atoms with E-state index in [4.69, 9.17) is 13.9 Å². The largest absolute Gasteiger partial charge is 0.467 e. The molecule has 0 aliphatic carbocycles. The molecule has 5 rings (SSSR count). The summed E-state index contributed by atoms with van der Waals surface area (Å²) in [5.74, 6) is 1.62. The van der Waals surface area contributed by atoms with Crippen LogP contribution in [-0.2, 0) is 13.1 Å². The molecule has 0 unspecified atom stereocenters. The van der Waals surface area contributed by atoms with Gasteiger partial charge in [0.25, 0.3) is 11.5 Å². The van der Waals surface area contributed by atoms with Crippen LogP contribution in [-0.4, -0.2) is 27.6 Å². The van der Waals surface area contributed by atoms with Crippen molar-refractivity contribution in [2.45, 2.75) is 13.1 Å². The Morgan fingerprint density at radius 3 is 2.63 bits per heavy atom. The molecule has 0 radical (unpaired) electrons. The lowest BCUT2D eigenvalue weighted by molar-refractivity contribution is 0.0717. The maximum Gasteiger partial charge on any atom is 0.254 e. The average molecular weight is 403 g/mol. The molecule has 4 aromatic rings. The first-order valence-corrected chi connectivity index (χ1v) is 9.34. The van der Waals surface area contributed by atoms with Crippen molar-refractivity contribution in [1.29, 1.82) is 0 Å². The first kappa shape index (κ1) is 18.0. The van der Waals surface area contributed by atoms with Gasteiger partial charge in [-0.1, -0.05) is 0 Å². The van der Waals surface area contributed by atoms with Gasteiger partial charge in [-0.25, -0.2) is 0 Å². The number of furan rings is 1. The number of ether oxygens (including phenoxy) is 2. The maximum atomic E-state index is 13.1. The van der Waals surface area contributed by atoms with Gasteiger partial charge in [-0.3, -0.25) is 14.6 Å². The SMILES string of the molecule is O=C(c1ccncc1)N(Cc1ccco1)Cc1cc2cc3c(cc2[nH]c1=O)OCO3. The normalized spacial score (nSPS) is 12.3. The second-order valence-electron chi connectivity index (χ2n) is 6.89. The summed E-state index contributed by atoms with van der Waals surface area (Å²) in [7, 11) is 0. The number of H-pyrrole nitrogens is 1. The van der Waals surface area contributed by atoms with Crippen LogP contribution in [0.3, 0.4) is 0 Å². The fourth-order valence-electron chi connectivity index (χ4n) is 3.43. The highest BCUT2D eigenvalue weighted by Crippen LogP contribution is 2.35. The van der Waals surface area contributed by atoms with E-state index in [1.54, 1.807) is 60.0 Å². The van der Waals surface area contributed by atoms with Gasteiger partial charge < -0.3 is 23.8 Å². The topological polar surface area (TPSA) is 97.7 Å². The number of amides is 1. The molecule has 3 aromatic heterocycles. The minimum atomic E-state index is -0.270. The second-order valence-corrected chi connectivity index (χ2v) is 6.89. The van der Waals surface area contributed by atoms with E-state index in [0.717, 1.165) is 5.39 Å². The Kier molecular flexibility index (Phi) is 4.44. The maximum absolute atomic E-state index is 13.1. The van der Waals surface area contributed by atoms with E-state index in [0.29, 0.717) is 33.9 Å². The lowest BCUT2D eigenvalue weighted by atomic mass is 10.1. The number of rotatable bonds is 5. The van der Waals surface area contributed by atoms with Crippen molar-refractivity contribution in [3.05, 3.63) is 88.4 Å². The van der Waals surface area contributed by atoms with Crippen molar-refractivity contribution >= 4 is 16.8 Å². The third-order valence-corrected chi connectivity index (χ3v) is 4.92. The van der Waals surface area contributed by atoms with Gasteiger partial charge >= 0.3 is 0 Å². The Labute approximate surface area is 170 Å². The van der Waals surface area contributed by atoms with E-state index in [1.807, 2.05) is 6.07 Å². The lowest BCUT2D eigenvalue weighted by Gasteiger charge is -2.22. The number of aromatic nitrogens is 2. The fraction of sp³-hybridized carbons (Fsp3) is 0.136. The molecule has 0 bridgehead atoms. The molecule has 1 aliphatic heterocycles. The Hall–Kier alpha value is -4.07. The zero-order valence-corrected chi connectivity index (χ0v) is 15.8. The van der Waals surface area contributed by atoms with E-state index < -0.39 is 0 Å². The van der Waals surface area contributed by atoms with Crippen LogP contribution in [0.5, 0.6) is 11.5 Å². The van der Waals surface area contributed by atoms with E-state index >= 15 is 0 Å². The zero-order chi connectivity index (χ0) is 20.5. The molecule has 0 fully saturated rings. The summed E-state index contributed by atoms with van der Waals surface area (Å²) < 4.78 is 16.2. The number of carbonyl (C=O) groups excluding carboxylic acids is 1. The molecule has 1 aromatic carbocycles.